The van der Waals surface area contributed by atoms with Crippen molar-refractivity contribution in [1.29, 1.82) is 0 Å². The maximum Gasteiger partial charge on any atom is 0.144 e. The highest BCUT2D eigenvalue weighted by molar-refractivity contribution is 5.90. The molecule has 0 aliphatic carbocycles. The number of halogens is 1. The van der Waals surface area contributed by atoms with Crippen molar-refractivity contribution in [3.05, 3.63) is 42.0 Å². The van der Waals surface area contributed by atoms with E-state index in [4.69, 9.17) is 4.42 Å². The van der Waals surface area contributed by atoms with E-state index in [9.17, 15) is 4.39 Å². The predicted molar refractivity (Wildman–Crippen MR) is 56.8 cm³/mol. The molecule has 0 saturated carbocycles. The molecule has 2 heterocycles. The topological polar surface area (TPSA) is 25.2 Å². The molecule has 76 valence electrons. The van der Waals surface area contributed by atoms with Gasteiger partial charge in [0.1, 0.15) is 11.4 Å². The van der Waals surface area contributed by atoms with Crippen LogP contribution in [0.3, 0.4) is 0 Å². The third kappa shape index (κ3) is 1.23. The Morgan fingerprint density at radius 3 is 3.00 bits per heavy atom. The van der Waals surface area contributed by atoms with Gasteiger partial charge in [0, 0.05) is 18.3 Å². The maximum absolute atomic E-state index is 13.4. The van der Waals surface area contributed by atoms with Crippen molar-refractivity contribution >= 4 is 16.5 Å². The minimum absolute atomic E-state index is 0.228. The molecule has 0 spiro atoms. The van der Waals surface area contributed by atoms with Crippen molar-refractivity contribution in [3.8, 4) is 0 Å². The largest absolute Gasteiger partial charge is 0.464 e. The molecule has 0 saturated heterocycles. The molecular formula is C12H10FNO. The molecule has 0 amide bonds. The first-order valence-corrected chi connectivity index (χ1v) is 4.95. The highest BCUT2D eigenvalue weighted by atomic mass is 19.1. The Balaban J connectivity index is 2.26. The van der Waals surface area contributed by atoms with E-state index < -0.39 is 0 Å². The second-order valence-electron chi connectivity index (χ2n) is 3.63. The van der Waals surface area contributed by atoms with Crippen molar-refractivity contribution < 1.29 is 8.81 Å². The lowest BCUT2D eigenvalue weighted by molar-refractivity contribution is 0.609. The van der Waals surface area contributed by atoms with E-state index in [0.29, 0.717) is 11.0 Å². The zero-order chi connectivity index (χ0) is 10.3. The van der Waals surface area contributed by atoms with Crippen molar-refractivity contribution in [3.63, 3.8) is 0 Å². The Morgan fingerprint density at radius 1 is 1.27 bits per heavy atom. The third-order valence-electron chi connectivity index (χ3n) is 2.72. The molecule has 2 aromatic rings. The fourth-order valence-corrected chi connectivity index (χ4v) is 1.97. The fraction of sp³-hybridized carbons (Fsp3) is 0.167. The Kier molecular flexibility index (Phi) is 1.78. The highest BCUT2D eigenvalue weighted by Gasteiger charge is 2.14. The molecule has 3 heteroatoms. The SMILES string of the molecule is Fc1ccc(C2=CNCC2)c2occc12. The second-order valence-corrected chi connectivity index (χ2v) is 3.63. The normalized spacial score (nSPS) is 15.4. The third-order valence-corrected chi connectivity index (χ3v) is 2.72. The molecule has 1 N–H and O–H groups in total. The van der Waals surface area contributed by atoms with Gasteiger partial charge in [-0.25, -0.2) is 4.39 Å². The molecule has 0 atom stereocenters. The summed E-state index contributed by atoms with van der Waals surface area (Å²) in [6.45, 7) is 0.939. The van der Waals surface area contributed by atoms with Gasteiger partial charge in [0.25, 0.3) is 0 Å². The number of furan rings is 1. The Bertz CT molecular complexity index is 542. The zero-order valence-electron chi connectivity index (χ0n) is 8.09. The van der Waals surface area contributed by atoms with Gasteiger partial charge in [-0.2, -0.15) is 0 Å². The van der Waals surface area contributed by atoms with Gasteiger partial charge in [-0.3, -0.25) is 0 Å². The van der Waals surface area contributed by atoms with Gasteiger partial charge in [0.15, 0.2) is 0 Å². The van der Waals surface area contributed by atoms with Crippen LogP contribution in [0, 0.1) is 5.82 Å². The van der Waals surface area contributed by atoms with E-state index in [1.54, 1.807) is 12.1 Å². The molecule has 0 unspecified atom stereocenters. The van der Waals surface area contributed by atoms with Crippen molar-refractivity contribution in [1.82, 2.24) is 5.32 Å². The smallest absolute Gasteiger partial charge is 0.144 e. The van der Waals surface area contributed by atoms with Gasteiger partial charge in [-0.1, -0.05) is 0 Å². The van der Waals surface area contributed by atoms with Crippen molar-refractivity contribution in [2.24, 2.45) is 0 Å². The summed E-state index contributed by atoms with van der Waals surface area (Å²) < 4.78 is 18.7. The fourth-order valence-electron chi connectivity index (χ4n) is 1.97. The summed E-state index contributed by atoms with van der Waals surface area (Å²) >= 11 is 0. The van der Waals surface area contributed by atoms with E-state index in [1.165, 1.54) is 17.9 Å². The minimum atomic E-state index is -0.228. The van der Waals surface area contributed by atoms with Gasteiger partial charge in [-0.15, -0.1) is 0 Å². The average molecular weight is 203 g/mol. The van der Waals surface area contributed by atoms with Crippen LogP contribution in [0.5, 0.6) is 0 Å². The Morgan fingerprint density at radius 2 is 2.20 bits per heavy atom. The van der Waals surface area contributed by atoms with Gasteiger partial charge in [-0.05, 0) is 30.2 Å². The van der Waals surface area contributed by atoms with Gasteiger partial charge >= 0.3 is 0 Å². The maximum atomic E-state index is 13.4. The number of rotatable bonds is 1. The summed E-state index contributed by atoms with van der Waals surface area (Å²) in [5.41, 5.74) is 2.81. The van der Waals surface area contributed by atoms with Crippen LogP contribution < -0.4 is 5.32 Å². The van der Waals surface area contributed by atoms with Crippen LogP contribution in [0.4, 0.5) is 4.39 Å². The van der Waals surface area contributed by atoms with Gasteiger partial charge < -0.3 is 9.73 Å². The molecule has 3 rings (SSSR count). The van der Waals surface area contributed by atoms with Crippen LogP contribution in [-0.2, 0) is 0 Å². The van der Waals surface area contributed by atoms with E-state index in [-0.39, 0.29) is 5.82 Å². The number of hydrogen-bond donors (Lipinski definition) is 1. The predicted octanol–water partition coefficient (Wildman–Crippen LogP) is 2.91. The quantitative estimate of drug-likeness (QED) is 0.770. The van der Waals surface area contributed by atoms with Gasteiger partial charge in [0.05, 0.1) is 11.6 Å². The first-order valence-electron chi connectivity index (χ1n) is 4.95. The van der Waals surface area contributed by atoms with E-state index in [0.717, 1.165) is 18.5 Å². The lowest BCUT2D eigenvalue weighted by atomic mass is 10.0. The van der Waals surface area contributed by atoms with Gasteiger partial charge in [0.2, 0.25) is 0 Å². The summed E-state index contributed by atoms with van der Waals surface area (Å²) in [5, 5.41) is 3.70. The minimum Gasteiger partial charge on any atom is -0.464 e. The summed E-state index contributed by atoms with van der Waals surface area (Å²) in [6, 6.07) is 4.93. The lowest BCUT2D eigenvalue weighted by Gasteiger charge is -2.02. The molecule has 1 aromatic heterocycles. The standard InChI is InChI=1S/C12H10FNO/c13-11-2-1-9(8-3-5-14-7-8)12-10(11)4-6-15-12/h1-2,4,6-7,14H,3,5H2. The van der Waals surface area contributed by atoms with Crippen molar-refractivity contribution in [2.45, 2.75) is 6.42 Å². The van der Waals surface area contributed by atoms with E-state index >= 15 is 0 Å². The molecule has 0 bridgehead atoms. The average Bonchev–Trinajstić information content (AvgIpc) is 2.88. The molecular weight excluding hydrogens is 193 g/mol. The summed E-state index contributed by atoms with van der Waals surface area (Å²) in [5.74, 6) is -0.228. The monoisotopic (exact) mass is 203 g/mol. The van der Waals surface area contributed by atoms with Crippen LogP contribution >= 0.6 is 0 Å². The van der Waals surface area contributed by atoms with Crippen LogP contribution in [0.1, 0.15) is 12.0 Å². The first kappa shape index (κ1) is 8.53. The highest BCUT2D eigenvalue weighted by Crippen LogP contribution is 2.30. The summed E-state index contributed by atoms with van der Waals surface area (Å²) in [7, 11) is 0. The number of benzene rings is 1. The van der Waals surface area contributed by atoms with E-state index in [2.05, 4.69) is 5.32 Å². The van der Waals surface area contributed by atoms with Crippen LogP contribution in [0.15, 0.2) is 35.1 Å². The molecule has 15 heavy (non-hydrogen) atoms. The molecule has 0 fully saturated rings. The molecule has 0 radical (unpaired) electrons. The Hall–Kier alpha value is -1.77. The van der Waals surface area contributed by atoms with Crippen LogP contribution in [-0.4, -0.2) is 6.54 Å². The molecule has 1 aliphatic rings. The molecule has 1 aromatic carbocycles. The summed E-state index contributed by atoms with van der Waals surface area (Å²) in [6.07, 6.45) is 4.46. The number of fused-ring (bicyclic) bond motifs is 1. The lowest BCUT2D eigenvalue weighted by Crippen LogP contribution is -1.96. The number of hydrogen-bond acceptors (Lipinski definition) is 2. The molecule has 2 nitrogen and oxygen atoms in total. The van der Waals surface area contributed by atoms with Crippen molar-refractivity contribution in [2.75, 3.05) is 6.54 Å². The van der Waals surface area contributed by atoms with Crippen LogP contribution in [0.25, 0.3) is 16.5 Å². The molecule has 1 aliphatic heterocycles. The Labute approximate surface area is 86.4 Å². The first-order chi connectivity index (χ1) is 7.36. The summed E-state index contributed by atoms with van der Waals surface area (Å²) in [4.78, 5) is 0. The number of nitrogens with one attached hydrogen (secondary N) is 1. The van der Waals surface area contributed by atoms with Crippen LogP contribution in [0.2, 0.25) is 0 Å². The van der Waals surface area contributed by atoms with E-state index in [1.807, 2.05) is 6.20 Å². The second kappa shape index (κ2) is 3.12. The zero-order valence-corrected chi connectivity index (χ0v) is 8.09.